The zero-order valence-corrected chi connectivity index (χ0v) is 9.11. The summed E-state index contributed by atoms with van der Waals surface area (Å²) >= 11 is 0. The van der Waals surface area contributed by atoms with Gasteiger partial charge in [-0.05, 0) is 24.1 Å². The minimum Gasteiger partial charge on any atom is -0.508 e. The lowest BCUT2D eigenvalue weighted by Gasteiger charge is -1.98. The van der Waals surface area contributed by atoms with E-state index in [4.69, 9.17) is 5.11 Å². The second-order valence-corrected chi connectivity index (χ2v) is 3.44. The molecule has 0 aliphatic rings. The van der Waals surface area contributed by atoms with Crippen LogP contribution in [0.25, 0.3) is 0 Å². The summed E-state index contributed by atoms with van der Waals surface area (Å²) in [7, 11) is 0. The number of rotatable bonds is 6. The molecule has 1 rings (SSSR count). The second kappa shape index (κ2) is 6.87. The Balaban J connectivity index is 2.22. The molecule has 15 heavy (non-hydrogen) atoms. The summed E-state index contributed by atoms with van der Waals surface area (Å²) in [5, 5.41) is 12.2. The molecular formula is C12H18N2O. The van der Waals surface area contributed by atoms with E-state index in [0.29, 0.717) is 12.3 Å². The molecule has 3 heteroatoms. The predicted octanol–water partition coefficient (Wildman–Crippen LogP) is 2.31. The van der Waals surface area contributed by atoms with Crippen LogP contribution in [0, 0.1) is 0 Å². The molecule has 0 heterocycles. The highest BCUT2D eigenvalue weighted by molar-refractivity contribution is 5.54. The van der Waals surface area contributed by atoms with Crippen molar-refractivity contribution in [2.24, 2.45) is 4.99 Å². The van der Waals surface area contributed by atoms with Crippen LogP contribution >= 0.6 is 0 Å². The SMILES string of the molecule is CCCCNC=NCc1ccc(O)cc1. The molecule has 0 fully saturated rings. The lowest BCUT2D eigenvalue weighted by Crippen LogP contribution is -2.12. The van der Waals surface area contributed by atoms with Crippen LogP contribution in [0.2, 0.25) is 0 Å². The molecule has 0 saturated carbocycles. The quantitative estimate of drug-likeness (QED) is 0.426. The Morgan fingerprint density at radius 2 is 2.07 bits per heavy atom. The van der Waals surface area contributed by atoms with Crippen LogP contribution in [0.5, 0.6) is 5.75 Å². The van der Waals surface area contributed by atoms with Crippen molar-refractivity contribution in [3.63, 3.8) is 0 Å². The van der Waals surface area contributed by atoms with E-state index in [1.807, 2.05) is 12.1 Å². The van der Waals surface area contributed by atoms with E-state index in [9.17, 15) is 0 Å². The van der Waals surface area contributed by atoms with Gasteiger partial charge < -0.3 is 10.4 Å². The number of hydrogen-bond donors (Lipinski definition) is 2. The van der Waals surface area contributed by atoms with E-state index < -0.39 is 0 Å². The van der Waals surface area contributed by atoms with E-state index >= 15 is 0 Å². The topological polar surface area (TPSA) is 44.6 Å². The first kappa shape index (κ1) is 11.6. The Morgan fingerprint density at radius 1 is 1.33 bits per heavy atom. The second-order valence-electron chi connectivity index (χ2n) is 3.44. The van der Waals surface area contributed by atoms with E-state index in [1.54, 1.807) is 18.5 Å². The van der Waals surface area contributed by atoms with Crippen molar-refractivity contribution in [3.8, 4) is 5.75 Å². The molecule has 82 valence electrons. The first-order chi connectivity index (χ1) is 7.33. The van der Waals surface area contributed by atoms with Gasteiger partial charge >= 0.3 is 0 Å². The molecule has 0 aliphatic carbocycles. The van der Waals surface area contributed by atoms with Gasteiger partial charge in [0, 0.05) is 6.54 Å². The molecule has 0 atom stereocenters. The Morgan fingerprint density at radius 3 is 2.73 bits per heavy atom. The van der Waals surface area contributed by atoms with Gasteiger partial charge in [-0.1, -0.05) is 25.5 Å². The predicted molar refractivity (Wildman–Crippen MR) is 63.2 cm³/mol. The van der Waals surface area contributed by atoms with Crippen molar-refractivity contribution >= 4 is 6.34 Å². The van der Waals surface area contributed by atoms with Gasteiger partial charge in [0.2, 0.25) is 0 Å². The zero-order valence-electron chi connectivity index (χ0n) is 9.11. The lowest BCUT2D eigenvalue weighted by molar-refractivity contribution is 0.475. The molecule has 0 amide bonds. The third-order valence-electron chi connectivity index (χ3n) is 2.07. The Bertz CT molecular complexity index is 293. The van der Waals surface area contributed by atoms with E-state index in [0.717, 1.165) is 12.1 Å². The van der Waals surface area contributed by atoms with Crippen LogP contribution in [0.3, 0.4) is 0 Å². The fourth-order valence-corrected chi connectivity index (χ4v) is 1.16. The Labute approximate surface area is 90.9 Å². The molecule has 0 saturated heterocycles. The summed E-state index contributed by atoms with van der Waals surface area (Å²) in [6.07, 6.45) is 4.12. The fourth-order valence-electron chi connectivity index (χ4n) is 1.16. The van der Waals surface area contributed by atoms with Crippen molar-refractivity contribution < 1.29 is 5.11 Å². The maximum absolute atomic E-state index is 9.07. The minimum absolute atomic E-state index is 0.295. The third-order valence-corrected chi connectivity index (χ3v) is 2.07. The third kappa shape index (κ3) is 5.05. The minimum atomic E-state index is 0.295. The van der Waals surface area contributed by atoms with Gasteiger partial charge in [0.15, 0.2) is 0 Å². The Hall–Kier alpha value is -1.51. The maximum Gasteiger partial charge on any atom is 0.115 e. The largest absolute Gasteiger partial charge is 0.508 e. The van der Waals surface area contributed by atoms with Crippen LogP contribution in [0.1, 0.15) is 25.3 Å². The number of aromatic hydroxyl groups is 1. The van der Waals surface area contributed by atoms with Crippen molar-refractivity contribution in [3.05, 3.63) is 29.8 Å². The van der Waals surface area contributed by atoms with Gasteiger partial charge in [-0.2, -0.15) is 0 Å². The highest BCUT2D eigenvalue weighted by Crippen LogP contribution is 2.09. The van der Waals surface area contributed by atoms with Crippen LogP contribution in [0.4, 0.5) is 0 Å². The van der Waals surface area contributed by atoms with Gasteiger partial charge in [0.05, 0.1) is 12.9 Å². The normalized spacial score (nSPS) is 10.7. The van der Waals surface area contributed by atoms with Crippen LogP contribution in [-0.2, 0) is 6.54 Å². The van der Waals surface area contributed by atoms with Crippen molar-refractivity contribution in [1.82, 2.24) is 5.32 Å². The summed E-state index contributed by atoms with van der Waals surface area (Å²) < 4.78 is 0. The van der Waals surface area contributed by atoms with Crippen LogP contribution in [0.15, 0.2) is 29.3 Å². The molecule has 0 aliphatic heterocycles. The summed E-state index contributed by atoms with van der Waals surface area (Å²) in [5.74, 6) is 0.295. The number of benzene rings is 1. The number of hydrogen-bond acceptors (Lipinski definition) is 2. The monoisotopic (exact) mass is 206 g/mol. The zero-order chi connectivity index (χ0) is 10.9. The highest BCUT2D eigenvalue weighted by Gasteiger charge is 1.89. The number of phenolic OH excluding ortho intramolecular Hbond substituents is 1. The molecule has 1 aromatic carbocycles. The molecule has 0 spiro atoms. The molecule has 0 unspecified atom stereocenters. The molecule has 0 aromatic heterocycles. The van der Waals surface area contributed by atoms with Crippen molar-refractivity contribution in [1.29, 1.82) is 0 Å². The highest BCUT2D eigenvalue weighted by atomic mass is 16.3. The maximum atomic E-state index is 9.07. The molecule has 3 nitrogen and oxygen atoms in total. The van der Waals surface area contributed by atoms with E-state index in [1.165, 1.54) is 12.8 Å². The van der Waals surface area contributed by atoms with Gasteiger partial charge in [-0.25, -0.2) is 0 Å². The molecule has 0 radical (unpaired) electrons. The first-order valence-electron chi connectivity index (χ1n) is 5.32. The average Bonchev–Trinajstić information content (AvgIpc) is 2.26. The lowest BCUT2D eigenvalue weighted by atomic mass is 10.2. The summed E-state index contributed by atoms with van der Waals surface area (Å²) in [5.41, 5.74) is 1.10. The summed E-state index contributed by atoms with van der Waals surface area (Å²) in [6.45, 7) is 3.80. The van der Waals surface area contributed by atoms with Crippen LogP contribution in [-0.4, -0.2) is 18.0 Å². The van der Waals surface area contributed by atoms with Crippen molar-refractivity contribution in [2.75, 3.05) is 6.54 Å². The summed E-state index contributed by atoms with van der Waals surface area (Å²) in [6, 6.07) is 7.10. The average molecular weight is 206 g/mol. The number of nitrogens with zero attached hydrogens (tertiary/aromatic N) is 1. The number of unbranched alkanes of at least 4 members (excludes halogenated alkanes) is 1. The van der Waals surface area contributed by atoms with Gasteiger partial charge in [0.1, 0.15) is 5.75 Å². The number of phenols is 1. The standard InChI is InChI=1S/C12H18N2O/c1-2-3-8-13-10-14-9-11-4-6-12(15)7-5-11/h4-7,10,15H,2-3,8-9H2,1H3,(H,13,14). The molecule has 1 aromatic rings. The Kier molecular flexibility index (Phi) is 5.30. The first-order valence-corrected chi connectivity index (χ1v) is 5.32. The molecular weight excluding hydrogens is 188 g/mol. The number of nitrogens with one attached hydrogen (secondary N) is 1. The van der Waals surface area contributed by atoms with Gasteiger partial charge in [-0.3, -0.25) is 4.99 Å². The fraction of sp³-hybridized carbons (Fsp3) is 0.417. The van der Waals surface area contributed by atoms with Gasteiger partial charge in [-0.15, -0.1) is 0 Å². The van der Waals surface area contributed by atoms with Gasteiger partial charge in [0.25, 0.3) is 0 Å². The molecule has 0 bridgehead atoms. The molecule has 2 N–H and O–H groups in total. The smallest absolute Gasteiger partial charge is 0.115 e. The van der Waals surface area contributed by atoms with E-state index in [-0.39, 0.29) is 0 Å². The van der Waals surface area contributed by atoms with Crippen LogP contribution < -0.4 is 5.32 Å². The summed E-state index contributed by atoms with van der Waals surface area (Å²) in [4.78, 5) is 4.23. The van der Waals surface area contributed by atoms with Crippen molar-refractivity contribution in [2.45, 2.75) is 26.3 Å². The van der Waals surface area contributed by atoms with E-state index in [2.05, 4.69) is 17.2 Å². The number of aliphatic imine (C=N–C) groups is 1.